The van der Waals surface area contributed by atoms with Crippen molar-refractivity contribution in [3.05, 3.63) is 88.4 Å². The van der Waals surface area contributed by atoms with Crippen LogP contribution in [-0.4, -0.2) is 11.8 Å². The van der Waals surface area contributed by atoms with Crippen molar-refractivity contribution in [1.82, 2.24) is 5.32 Å². The number of hydrogen-bond donors (Lipinski definition) is 2. The van der Waals surface area contributed by atoms with Gasteiger partial charge < -0.3 is 15.4 Å². The number of anilines is 1. The first-order chi connectivity index (χ1) is 15.3. The minimum Gasteiger partial charge on any atom is -0.457 e. The van der Waals surface area contributed by atoms with E-state index in [1.165, 1.54) is 6.92 Å². The minimum atomic E-state index is -0.468. The molecular weight excluding hydrogens is 426 g/mol. The fourth-order valence-electron chi connectivity index (χ4n) is 3.15. The lowest BCUT2D eigenvalue weighted by Crippen LogP contribution is -2.29. The summed E-state index contributed by atoms with van der Waals surface area (Å²) in [6, 6.07) is 20.8. The Kier molecular flexibility index (Phi) is 7.48. The molecule has 0 saturated carbocycles. The molecule has 3 rings (SSSR count). The summed E-state index contributed by atoms with van der Waals surface area (Å²) < 4.78 is 5.81. The Bertz CT molecular complexity index is 1150. The van der Waals surface area contributed by atoms with E-state index in [2.05, 4.69) is 16.7 Å². The Morgan fingerprint density at radius 3 is 2.28 bits per heavy atom. The molecule has 0 fully saturated rings. The predicted molar refractivity (Wildman–Crippen MR) is 124 cm³/mol. The SMILES string of the molecule is CC(=O)NC(CC(=O)Nc1ccc(Oc2ccc(C#N)cc2)cc1C)c1ccc(Cl)cc1. The van der Waals surface area contributed by atoms with Crippen LogP contribution < -0.4 is 15.4 Å². The van der Waals surface area contributed by atoms with Gasteiger partial charge in [-0.2, -0.15) is 5.26 Å². The number of aryl methyl sites for hydroxylation is 1. The molecular formula is C25H22ClN3O3. The van der Waals surface area contributed by atoms with Crippen molar-refractivity contribution in [2.24, 2.45) is 0 Å². The number of nitriles is 1. The Labute approximate surface area is 191 Å². The fourth-order valence-corrected chi connectivity index (χ4v) is 3.28. The Morgan fingerprint density at radius 2 is 1.69 bits per heavy atom. The summed E-state index contributed by atoms with van der Waals surface area (Å²) in [5, 5.41) is 15.2. The van der Waals surface area contributed by atoms with Crippen molar-refractivity contribution in [2.75, 3.05) is 5.32 Å². The highest BCUT2D eigenvalue weighted by atomic mass is 35.5. The second kappa shape index (κ2) is 10.5. The zero-order valence-electron chi connectivity index (χ0n) is 17.7. The number of halogens is 1. The molecule has 0 aliphatic carbocycles. The van der Waals surface area contributed by atoms with Crippen molar-refractivity contribution < 1.29 is 14.3 Å². The van der Waals surface area contributed by atoms with Crippen LogP contribution in [0, 0.1) is 18.3 Å². The van der Waals surface area contributed by atoms with Crippen molar-refractivity contribution in [2.45, 2.75) is 26.3 Å². The zero-order chi connectivity index (χ0) is 23.1. The van der Waals surface area contributed by atoms with Crippen LogP contribution in [0.3, 0.4) is 0 Å². The monoisotopic (exact) mass is 447 g/mol. The third kappa shape index (κ3) is 6.34. The molecule has 2 amide bonds. The molecule has 162 valence electrons. The molecule has 0 radical (unpaired) electrons. The van der Waals surface area contributed by atoms with Gasteiger partial charge in [0, 0.05) is 17.6 Å². The van der Waals surface area contributed by atoms with Gasteiger partial charge >= 0.3 is 0 Å². The van der Waals surface area contributed by atoms with E-state index in [0.29, 0.717) is 27.8 Å². The highest BCUT2D eigenvalue weighted by Gasteiger charge is 2.18. The Morgan fingerprint density at radius 1 is 1.03 bits per heavy atom. The maximum Gasteiger partial charge on any atom is 0.226 e. The van der Waals surface area contributed by atoms with E-state index >= 15 is 0 Å². The Hall–Kier alpha value is -3.82. The molecule has 0 saturated heterocycles. The van der Waals surface area contributed by atoms with Gasteiger partial charge in [0.1, 0.15) is 11.5 Å². The van der Waals surface area contributed by atoms with Gasteiger partial charge in [0.25, 0.3) is 0 Å². The van der Waals surface area contributed by atoms with Gasteiger partial charge in [-0.15, -0.1) is 0 Å². The van der Waals surface area contributed by atoms with E-state index in [9.17, 15) is 9.59 Å². The second-order valence-electron chi connectivity index (χ2n) is 7.27. The van der Waals surface area contributed by atoms with E-state index < -0.39 is 6.04 Å². The Balaban J connectivity index is 1.67. The van der Waals surface area contributed by atoms with Crippen molar-refractivity contribution >= 4 is 29.1 Å². The molecule has 2 N–H and O–H groups in total. The summed E-state index contributed by atoms with van der Waals surface area (Å²) in [5.74, 6) is 0.768. The third-order valence-corrected chi connectivity index (χ3v) is 4.98. The highest BCUT2D eigenvalue weighted by Crippen LogP contribution is 2.27. The van der Waals surface area contributed by atoms with Gasteiger partial charge in [0.2, 0.25) is 11.8 Å². The first-order valence-electron chi connectivity index (χ1n) is 9.95. The molecule has 6 nitrogen and oxygen atoms in total. The fraction of sp³-hybridized carbons (Fsp3) is 0.160. The lowest BCUT2D eigenvalue weighted by molar-refractivity contribution is -0.120. The smallest absolute Gasteiger partial charge is 0.226 e. The summed E-state index contributed by atoms with van der Waals surface area (Å²) in [6.07, 6.45) is 0.0736. The summed E-state index contributed by atoms with van der Waals surface area (Å²) in [4.78, 5) is 24.3. The van der Waals surface area contributed by atoms with Crippen LogP contribution in [0.5, 0.6) is 11.5 Å². The first kappa shape index (κ1) is 22.9. The van der Waals surface area contributed by atoms with Crippen molar-refractivity contribution in [1.29, 1.82) is 5.26 Å². The maximum absolute atomic E-state index is 12.7. The maximum atomic E-state index is 12.7. The number of nitrogens with one attached hydrogen (secondary N) is 2. The molecule has 32 heavy (non-hydrogen) atoms. The van der Waals surface area contributed by atoms with Crippen molar-refractivity contribution in [3.8, 4) is 17.6 Å². The summed E-state index contributed by atoms with van der Waals surface area (Å²) in [5.41, 5.74) is 2.83. The molecule has 0 heterocycles. The van der Waals surface area contributed by atoms with E-state index in [1.807, 2.05) is 13.0 Å². The van der Waals surface area contributed by atoms with Crippen LogP contribution in [0.1, 0.15) is 36.1 Å². The molecule has 0 spiro atoms. The minimum absolute atomic E-state index is 0.0736. The average Bonchev–Trinajstić information content (AvgIpc) is 2.76. The molecule has 7 heteroatoms. The van der Waals surface area contributed by atoms with Gasteiger partial charge in [-0.05, 0) is 72.6 Å². The molecule has 0 aliphatic rings. The average molecular weight is 448 g/mol. The van der Waals surface area contributed by atoms with Crippen molar-refractivity contribution in [3.63, 3.8) is 0 Å². The van der Waals surface area contributed by atoms with E-state index in [1.54, 1.807) is 60.7 Å². The van der Waals surface area contributed by atoms with Crippen LogP contribution in [0.25, 0.3) is 0 Å². The number of rotatable bonds is 7. The molecule has 0 aromatic heterocycles. The van der Waals surface area contributed by atoms with Crippen LogP contribution >= 0.6 is 11.6 Å². The number of benzene rings is 3. The summed E-state index contributed by atoms with van der Waals surface area (Å²) >= 11 is 5.94. The third-order valence-electron chi connectivity index (χ3n) is 4.73. The highest BCUT2D eigenvalue weighted by molar-refractivity contribution is 6.30. The second-order valence-corrected chi connectivity index (χ2v) is 7.71. The van der Waals surface area contributed by atoms with Crippen LogP contribution in [0.15, 0.2) is 66.7 Å². The number of ether oxygens (including phenoxy) is 1. The van der Waals surface area contributed by atoms with Gasteiger partial charge in [-0.1, -0.05) is 23.7 Å². The van der Waals surface area contributed by atoms with Gasteiger partial charge in [-0.25, -0.2) is 0 Å². The van der Waals surface area contributed by atoms with E-state index in [-0.39, 0.29) is 18.2 Å². The largest absolute Gasteiger partial charge is 0.457 e. The number of amides is 2. The van der Waals surface area contributed by atoms with Crippen LogP contribution in [-0.2, 0) is 9.59 Å². The molecule has 3 aromatic carbocycles. The number of hydrogen-bond acceptors (Lipinski definition) is 4. The molecule has 0 aliphatic heterocycles. The summed E-state index contributed by atoms with van der Waals surface area (Å²) in [7, 11) is 0. The van der Waals surface area contributed by atoms with E-state index in [0.717, 1.165) is 11.1 Å². The van der Waals surface area contributed by atoms with Crippen LogP contribution in [0.2, 0.25) is 5.02 Å². The standard InChI is InChI=1S/C25H22ClN3O3/c1-16-13-22(32-21-9-3-18(15-27)4-10-21)11-12-23(16)29-25(31)14-24(28-17(2)30)19-5-7-20(26)8-6-19/h3-13,24H,14H2,1-2H3,(H,28,30)(H,29,31). The van der Waals surface area contributed by atoms with Gasteiger partial charge in [-0.3, -0.25) is 9.59 Å². The lowest BCUT2D eigenvalue weighted by Gasteiger charge is -2.19. The molecule has 1 unspecified atom stereocenters. The molecule has 3 aromatic rings. The normalized spacial score (nSPS) is 11.2. The van der Waals surface area contributed by atoms with Gasteiger partial charge in [0.05, 0.1) is 24.1 Å². The number of carbonyl (C=O) groups is 2. The molecule has 1 atom stereocenters. The zero-order valence-corrected chi connectivity index (χ0v) is 18.4. The van der Waals surface area contributed by atoms with Crippen LogP contribution in [0.4, 0.5) is 5.69 Å². The molecule has 0 bridgehead atoms. The van der Waals surface area contributed by atoms with E-state index in [4.69, 9.17) is 21.6 Å². The number of carbonyl (C=O) groups excluding carboxylic acids is 2. The predicted octanol–water partition coefficient (Wildman–Crippen LogP) is 5.52. The van der Waals surface area contributed by atoms with Gasteiger partial charge in [0.15, 0.2) is 0 Å². The number of nitrogens with zero attached hydrogens (tertiary/aromatic N) is 1. The first-order valence-corrected chi connectivity index (χ1v) is 10.3. The summed E-state index contributed by atoms with van der Waals surface area (Å²) in [6.45, 7) is 3.28. The quantitative estimate of drug-likeness (QED) is 0.499. The lowest BCUT2D eigenvalue weighted by atomic mass is 10.0. The topological polar surface area (TPSA) is 91.2 Å².